The highest BCUT2D eigenvalue weighted by Gasteiger charge is 2.19. The molecule has 0 aromatic carbocycles. The predicted octanol–water partition coefficient (Wildman–Crippen LogP) is 18.3. The van der Waals surface area contributed by atoms with Crippen molar-refractivity contribution in [3.8, 4) is 0 Å². The Balaban J connectivity index is 4.30. The van der Waals surface area contributed by atoms with E-state index in [0.717, 1.165) is 70.6 Å². The van der Waals surface area contributed by atoms with Crippen molar-refractivity contribution in [2.45, 2.75) is 309 Å². The van der Waals surface area contributed by atoms with Crippen molar-refractivity contribution in [2.24, 2.45) is 0 Å². The van der Waals surface area contributed by atoms with E-state index in [0.29, 0.717) is 19.3 Å². The number of hydrogen-bond donors (Lipinski definition) is 0. The Bertz CT molecular complexity index is 1020. The van der Waals surface area contributed by atoms with Crippen LogP contribution in [0.5, 0.6) is 0 Å². The van der Waals surface area contributed by atoms with E-state index in [4.69, 9.17) is 14.2 Å². The van der Waals surface area contributed by atoms with Gasteiger partial charge >= 0.3 is 17.9 Å². The molecule has 6 nitrogen and oxygen atoms in total. The second-order valence-electron chi connectivity index (χ2n) is 18.8. The summed E-state index contributed by atoms with van der Waals surface area (Å²) in [6, 6.07) is 0. The molecule has 1 atom stereocenters. The van der Waals surface area contributed by atoms with Crippen LogP contribution in [0, 0.1) is 0 Å². The molecule has 0 fully saturated rings. The van der Waals surface area contributed by atoms with Gasteiger partial charge in [-0.15, -0.1) is 0 Å². The lowest BCUT2D eigenvalue weighted by atomic mass is 10.0. The van der Waals surface area contributed by atoms with Gasteiger partial charge < -0.3 is 14.2 Å². The van der Waals surface area contributed by atoms with Gasteiger partial charge in [-0.05, 0) is 70.6 Å². The summed E-state index contributed by atoms with van der Waals surface area (Å²) in [5.41, 5.74) is 0. The van der Waals surface area contributed by atoms with Crippen molar-refractivity contribution in [3.63, 3.8) is 0 Å². The molecule has 0 unspecified atom stereocenters. The minimum Gasteiger partial charge on any atom is -0.462 e. The largest absolute Gasteiger partial charge is 0.462 e. The van der Waals surface area contributed by atoms with Gasteiger partial charge in [0.15, 0.2) is 6.10 Å². The molecule has 0 saturated heterocycles. The van der Waals surface area contributed by atoms with E-state index in [9.17, 15) is 14.4 Å². The Kier molecular flexibility index (Phi) is 50.8. The van der Waals surface area contributed by atoms with Gasteiger partial charge in [0.2, 0.25) is 0 Å². The number of allylic oxidation sites excluding steroid dienone is 4. The third kappa shape index (κ3) is 50.7. The third-order valence-electron chi connectivity index (χ3n) is 12.4. The summed E-state index contributed by atoms with van der Waals surface area (Å²) in [6.45, 7) is 6.63. The minimum atomic E-state index is -0.774. The van der Waals surface area contributed by atoms with Crippen molar-refractivity contribution in [1.29, 1.82) is 0 Å². The molecule has 0 aromatic heterocycles. The fourth-order valence-corrected chi connectivity index (χ4v) is 8.20. The van der Waals surface area contributed by atoms with E-state index >= 15 is 0 Å². The van der Waals surface area contributed by atoms with E-state index in [2.05, 4.69) is 45.1 Å². The summed E-state index contributed by atoms with van der Waals surface area (Å²) in [4.78, 5) is 38.0. The van der Waals surface area contributed by atoms with E-state index in [1.807, 2.05) is 0 Å². The number of ether oxygens (including phenoxy) is 3. The Morgan fingerprint density at radius 1 is 0.302 bits per heavy atom. The van der Waals surface area contributed by atoms with Crippen LogP contribution in [0.4, 0.5) is 0 Å². The third-order valence-corrected chi connectivity index (χ3v) is 12.4. The summed E-state index contributed by atoms with van der Waals surface area (Å²) < 4.78 is 16.8. The SMILES string of the molecule is CCCCCC/C=C\CCCCCCCC(=O)OC[C@H](COC(=O)CCCCCCCCCCCCCCCCCCCCC)OC(=O)CCCCCCC/C=C\CCCCCC. The standard InChI is InChI=1S/C57H106O6/c1-4-7-10-13-16-19-22-25-26-27-28-29-30-33-35-38-41-44-47-50-56(59)62-53-54(63-57(60)51-48-45-42-39-36-32-24-21-18-15-12-9-6-3)52-61-55(58)49-46-43-40-37-34-31-23-20-17-14-11-8-5-2/h20-21,23-24,54H,4-19,22,25-53H2,1-3H3/b23-20-,24-21-/t54-/m1/s1. The first-order chi connectivity index (χ1) is 31.0. The molecule has 63 heavy (non-hydrogen) atoms. The van der Waals surface area contributed by atoms with Gasteiger partial charge in [-0.25, -0.2) is 0 Å². The average Bonchev–Trinajstić information content (AvgIpc) is 3.28. The topological polar surface area (TPSA) is 78.9 Å². The van der Waals surface area contributed by atoms with Gasteiger partial charge in [-0.2, -0.15) is 0 Å². The van der Waals surface area contributed by atoms with E-state index in [1.165, 1.54) is 193 Å². The van der Waals surface area contributed by atoms with E-state index in [-0.39, 0.29) is 31.1 Å². The molecule has 0 aromatic rings. The molecule has 0 N–H and O–H groups in total. The molecule has 0 aliphatic carbocycles. The summed E-state index contributed by atoms with van der Waals surface area (Å²) in [6.07, 6.45) is 60.2. The molecule has 0 amide bonds. The monoisotopic (exact) mass is 887 g/mol. The van der Waals surface area contributed by atoms with Crippen molar-refractivity contribution >= 4 is 17.9 Å². The molecule has 0 radical (unpaired) electrons. The summed E-state index contributed by atoms with van der Waals surface area (Å²) in [5.74, 6) is -0.875. The van der Waals surface area contributed by atoms with Gasteiger partial charge in [0.05, 0.1) is 0 Å². The van der Waals surface area contributed by atoms with Crippen molar-refractivity contribution in [2.75, 3.05) is 13.2 Å². The lowest BCUT2D eigenvalue weighted by molar-refractivity contribution is -0.167. The number of carbonyl (C=O) groups excluding carboxylic acids is 3. The first-order valence-corrected chi connectivity index (χ1v) is 27.8. The number of esters is 3. The fraction of sp³-hybridized carbons (Fsp3) is 0.877. The second kappa shape index (κ2) is 52.5. The van der Waals surface area contributed by atoms with Crippen molar-refractivity contribution in [1.82, 2.24) is 0 Å². The van der Waals surface area contributed by atoms with E-state index in [1.54, 1.807) is 0 Å². The molecule has 0 bridgehead atoms. The second-order valence-corrected chi connectivity index (χ2v) is 18.8. The molecule has 0 rings (SSSR count). The van der Waals surface area contributed by atoms with Crippen LogP contribution in [0.1, 0.15) is 303 Å². The van der Waals surface area contributed by atoms with Gasteiger partial charge in [-0.1, -0.05) is 238 Å². The van der Waals surface area contributed by atoms with Crippen LogP contribution < -0.4 is 0 Å². The highest BCUT2D eigenvalue weighted by Crippen LogP contribution is 2.16. The highest BCUT2D eigenvalue weighted by molar-refractivity contribution is 5.71. The van der Waals surface area contributed by atoms with Gasteiger partial charge in [0.1, 0.15) is 13.2 Å². The van der Waals surface area contributed by atoms with Crippen LogP contribution in [0.25, 0.3) is 0 Å². The van der Waals surface area contributed by atoms with Crippen molar-refractivity contribution < 1.29 is 28.6 Å². The van der Waals surface area contributed by atoms with Crippen LogP contribution in [0.15, 0.2) is 24.3 Å². The molecular formula is C57H106O6. The summed E-state index contributed by atoms with van der Waals surface area (Å²) in [5, 5.41) is 0. The van der Waals surface area contributed by atoms with Gasteiger partial charge in [0, 0.05) is 19.3 Å². The number of carbonyl (C=O) groups is 3. The average molecular weight is 887 g/mol. The lowest BCUT2D eigenvalue weighted by Crippen LogP contribution is -2.30. The first-order valence-electron chi connectivity index (χ1n) is 27.8. The molecule has 0 spiro atoms. The molecule has 6 heteroatoms. The lowest BCUT2D eigenvalue weighted by Gasteiger charge is -2.18. The maximum atomic E-state index is 12.8. The number of hydrogen-bond acceptors (Lipinski definition) is 6. The molecular weight excluding hydrogens is 781 g/mol. The molecule has 0 heterocycles. The van der Waals surface area contributed by atoms with Crippen LogP contribution in [0.3, 0.4) is 0 Å². The van der Waals surface area contributed by atoms with Gasteiger partial charge in [-0.3, -0.25) is 14.4 Å². The smallest absolute Gasteiger partial charge is 0.306 e. The van der Waals surface area contributed by atoms with Crippen molar-refractivity contribution in [3.05, 3.63) is 24.3 Å². The molecule has 0 aliphatic rings. The summed E-state index contributed by atoms with van der Waals surface area (Å²) >= 11 is 0. The van der Waals surface area contributed by atoms with Crippen LogP contribution in [-0.4, -0.2) is 37.2 Å². The van der Waals surface area contributed by atoms with Crippen LogP contribution >= 0.6 is 0 Å². The van der Waals surface area contributed by atoms with Gasteiger partial charge in [0.25, 0.3) is 0 Å². The number of rotatable bonds is 51. The Hall–Kier alpha value is -2.11. The normalized spacial score (nSPS) is 12.1. The predicted molar refractivity (Wildman–Crippen MR) is 270 cm³/mol. The summed E-state index contributed by atoms with van der Waals surface area (Å²) in [7, 11) is 0. The zero-order chi connectivity index (χ0) is 45.8. The van der Waals surface area contributed by atoms with E-state index < -0.39 is 6.10 Å². The maximum absolute atomic E-state index is 12.8. The first kappa shape index (κ1) is 60.9. The maximum Gasteiger partial charge on any atom is 0.306 e. The number of unbranched alkanes of at least 4 members (excludes halogenated alkanes) is 36. The Labute approximate surface area is 392 Å². The van der Waals surface area contributed by atoms with Crippen LogP contribution in [-0.2, 0) is 28.6 Å². The van der Waals surface area contributed by atoms with Crippen LogP contribution in [0.2, 0.25) is 0 Å². The minimum absolute atomic E-state index is 0.0731. The fourth-order valence-electron chi connectivity index (χ4n) is 8.20. The zero-order valence-corrected chi connectivity index (χ0v) is 42.4. The molecule has 0 saturated carbocycles. The highest BCUT2D eigenvalue weighted by atomic mass is 16.6. The Morgan fingerprint density at radius 2 is 0.524 bits per heavy atom. The zero-order valence-electron chi connectivity index (χ0n) is 42.4. The molecule has 0 aliphatic heterocycles. The Morgan fingerprint density at radius 3 is 0.810 bits per heavy atom. The quantitative estimate of drug-likeness (QED) is 0.0262. The molecule has 370 valence electrons.